The third-order valence-corrected chi connectivity index (χ3v) is 29.8. The van der Waals surface area contributed by atoms with E-state index < -0.39 is 26.1 Å². The van der Waals surface area contributed by atoms with Gasteiger partial charge in [-0.25, -0.2) is 41.3 Å². The van der Waals surface area contributed by atoms with E-state index in [1.807, 2.05) is 12.1 Å². The minimum atomic E-state index is -4.00. The summed E-state index contributed by atoms with van der Waals surface area (Å²) in [5.74, 6) is 7.26. The normalized spacial score (nSPS) is 39.5. The van der Waals surface area contributed by atoms with Crippen LogP contribution in [0.5, 0.6) is 0 Å². The van der Waals surface area contributed by atoms with Gasteiger partial charge < -0.3 is 30.4 Å². The average Bonchev–Trinajstić information content (AvgIpc) is 1.34. The Morgan fingerprint density at radius 2 is 1.10 bits per heavy atom. The van der Waals surface area contributed by atoms with Gasteiger partial charge in [0, 0.05) is 83.6 Å². The Labute approximate surface area is 581 Å². The minimum absolute atomic E-state index is 0. The van der Waals surface area contributed by atoms with E-state index in [0.717, 1.165) is 114 Å². The van der Waals surface area contributed by atoms with Gasteiger partial charge in [-0.05, 0) is 270 Å². The predicted octanol–water partition coefficient (Wildman–Crippen LogP) is 12.5. The molecule has 2 heterocycles. The molecule has 2 amide bonds. The molecule has 15 nitrogen and oxygen atoms in total. The number of nitrogens with zero attached hydrogens (tertiary/aromatic N) is 3. The molecule has 19 heteroatoms. The Balaban J connectivity index is 0.000000197. The van der Waals surface area contributed by atoms with E-state index in [1.54, 1.807) is 36.4 Å². The number of sulfonamides is 2. The molecule has 0 aromatic heterocycles. The zero-order chi connectivity index (χ0) is 66.7. The Kier molecular flexibility index (Phi) is 24.7. The number of nitrogens with one attached hydrogen (secondary N) is 2. The first-order chi connectivity index (χ1) is 43.7. The zero-order valence-electron chi connectivity index (χ0n) is 58.4. The molecule has 92 heavy (non-hydrogen) atoms. The summed E-state index contributed by atoms with van der Waals surface area (Å²) < 4.78 is 56.3. The Morgan fingerprint density at radius 3 is 1.59 bits per heavy atom. The zero-order valence-corrected chi connectivity index (χ0v) is 63.2. The quantitative estimate of drug-likeness (QED) is 0.0627. The summed E-state index contributed by atoms with van der Waals surface area (Å²) in [6, 6.07) is 13.1. The van der Waals surface area contributed by atoms with Crippen molar-refractivity contribution in [3.8, 4) is 0 Å². The van der Waals surface area contributed by atoms with Crippen LogP contribution < -0.4 is 25.0 Å². The maximum Gasteiger partial charge on any atom is 0.328 e. The Bertz CT molecular complexity index is 3080. The second-order valence-corrected chi connectivity index (χ2v) is 35.3. The van der Waals surface area contributed by atoms with E-state index in [4.69, 9.17) is 6.47 Å². The van der Waals surface area contributed by atoms with Crippen molar-refractivity contribution >= 4 is 51.9 Å². The number of aliphatic imine (C=N–C) groups is 1. The SMILES string of the molecule is CC[C@H]1[C@@H](O)[C@@H]2[C@H](CC[C@]3(C)[C@@H]([C@H](C)CN=C=O)CC[C@@H]23)[C@@]2(C)CC[C@@H](C)C[C@@H]12.CC[C@H]1[C@@H](O)[C@@H]2[C@H](CC[C@]3(C)[C@@H]([C@H](C)CNC(=O)NS(=O)(=O)c4cccc(N5CCCCC5)c4)CC[C@@H]23)[C@@]2(C)CC[C@@H](O)C[C@@H]12.NS(=O)(=O)c1cccc(N2CCCCC2)c1.[2H][B].[U]. The van der Waals surface area contributed by atoms with Crippen LogP contribution in [0, 0.1) is 142 Å². The third-order valence-electron chi connectivity index (χ3n) is 27.6. The van der Waals surface area contributed by atoms with Gasteiger partial charge >= 0.3 is 6.03 Å². The van der Waals surface area contributed by atoms with E-state index in [9.17, 15) is 41.7 Å². The Hall–Kier alpha value is -2.45. The number of benzene rings is 2. The molecular formula is C73H117BN6O9S2U. The molecule has 22 atom stereocenters. The van der Waals surface area contributed by atoms with Gasteiger partial charge in [0.05, 0.1) is 34.6 Å². The number of nitrogens with two attached hydrogens (primary N) is 1. The average molecular weight is 1540 g/mol. The van der Waals surface area contributed by atoms with Crippen LogP contribution in [0.3, 0.4) is 0 Å². The van der Waals surface area contributed by atoms with Gasteiger partial charge in [-0.15, -0.1) is 0 Å². The van der Waals surface area contributed by atoms with Crippen molar-refractivity contribution in [2.24, 2.45) is 121 Å². The molecule has 2 aromatic rings. The summed E-state index contributed by atoms with van der Waals surface area (Å²) >= 11 is 0. The van der Waals surface area contributed by atoms with Crippen LogP contribution in [0.1, 0.15) is 204 Å². The van der Waals surface area contributed by atoms with Crippen molar-refractivity contribution in [3.05, 3.63) is 48.5 Å². The van der Waals surface area contributed by atoms with Crippen molar-refractivity contribution in [2.45, 2.75) is 232 Å². The summed E-state index contributed by atoms with van der Waals surface area (Å²) in [6.07, 6.45) is 26.4. The van der Waals surface area contributed by atoms with Crippen LogP contribution in [0.25, 0.3) is 0 Å². The van der Waals surface area contributed by atoms with E-state index >= 15 is 0 Å². The Morgan fingerprint density at radius 1 is 0.652 bits per heavy atom. The fraction of sp³-hybridized carbons (Fsp3) is 0.808. The minimum Gasteiger partial charge on any atom is -0.393 e. The van der Waals surface area contributed by atoms with Crippen LogP contribution in [0.2, 0.25) is 0 Å². The van der Waals surface area contributed by atoms with Gasteiger partial charge in [0.15, 0.2) is 0 Å². The summed E-state index contributed by atoms with van der Waals surface area (Å²) in [4.78, 5) is 32.2. The first-order valence-corrected chi connectivity index (χ1v) is 38.9. The number of piperidine rings is 2. The summed E-state index contributed by atoms with van der Waals surface area (Å²) in [5.41, 5.74) is 2.80. The number of anilines is 2. The maximum atomic E-state index is 13.1. The van der Waals surface area contributed by atoms with E-state index in [-0.39, 0.29) is 87.8 Å². The number of hydrogen-bond donors (Lipinski definition) is 6. The molecule has 8 aliphatic carbocycles. The number of rotatable bonds is 13. The van der Waals surface area contributed by atoms with E-state index in [0.29, 0.717) is 89.0 Å². The van der Waals surface area contributed by atoms with Gasteiger partial charge in [0.1, 0.15) is 0 Å². The molecule has 12 rings (SSSR count). The molecule has 2 aromatic carbocycles. The van der Waals surface area contributed by atoms with Crippen molar-refractivity contribution in [1.82, 2.24) is 10.0 Å². The van der Waals surface area contributed by atoms with Crippen LogP contribution in [-0.2, 0) is 24.8 Å². The fourth-order valence-electron chi connectivity index (χ4n) is 23.0. The van der Waals surface area contributed by atoms with Crippen molar-refractivity contribution in [1.29, 1.82) is 1.34 Å². The standard InChI is InChI=1S/C36H57N3O5S.C26H43NO2.C11H16N2O2S.BH.U/c1-5-27-31-21-25(40)14-16-36(31,4)30-15-17-35(3)28(12-13-29(35)32(30)33(27)41)23(2)22-37-34(42)38-45(43,44)26-11-9-10-24(20-26)39-18-7-6-8-19-39;1-6-18-22-13-16(2)9-11-26(22,5)21-10-12-25(4)19(17(3)14-27-15-28)7-8-20(25)23(21)24(18)29;12-16(14,15)11-6-4-5-10(9-11)13-7-2-1-3-8-13;;/h9-11,20,23,25,27-33,40-41H,5-8,12-19,21-22H2,1-4H3,(H2,37,38,42);16-24,29H,6-14H2,1-5H3;4-6,9H,1-3,7-8H2,(H2,12,14,15);1H;/t23-,25-,27-,28-,29+,30+,31+,32+,33-,35-,36-;16-,17-,18-,19-,20+,21+,22+,23+,24-,25-,26-;;;/m11.../s1/i;;;1D;. The van der Waals surface area contributed by atoms with Gasteiger partial charge in [-0.1, -0.05) is 93.7 Å². The molecule has 7 N–H and O–H groups in total. The molecule has 10 fully saturated rings. The van der Waals surface area contributed by atoms with Gasteiger partial charge in [-0.3, -0.25) is 0 Å². The molecule has 2 saturated heterocycles. The van der Waals surface area contributed by atoms with Crippen molar-refractivity contribution in [3.63, 3.8) is 0 Å². The smallest absolute Gasteiger partial charge is 0.328 e. The number of isocyanates is 1. The molecule has 2 radical (unpaired) electrons. The van der Waals surface area contributed by atoms with E-state index in [1.165, 1.54) is 76.7 Å². The van der Waals surface area contributed by atoms with Crippen LogP contribution in [0.4, 0.5) is 16.2 Å². The largest absolute Gasteiger partial charge is 0.393 e. The van der Waals surface area contributed by atoms with Gasteiger partial charge in [0.25, 0.3) is 10.0 Å². The number of amides is 2. The number of primary sulfonamides is 1. The summed E-state index contributed by atoms with van der Waals surface area (Å²) in [6.45, 7) is 26.3. The summed E-state index contributed by atoms with van der Waals surface area (Å²) in [7, 11) is -3.84. The number of urea groups is 1. The number of fused-ring (bicyclic) bond motifs is 10. The van der Waals surface area contributed by atoms with Crippen LogP contribution in [-0.4, -0.2) is 112 Å². The number of carbonyl (C=O) groups excluding carboxylic acids is 2. The number of carbonyl (C=O) groups is 1. The fourth-order valence-corrected chi connectivity index (χ4v) is 24.5. The molecule has 0 unspecified atom stereocenters. The second kappa shape index (κ2) is 30.8. The van der Waals surface area contributed by atoms with Crippen molar-refractivity contribution < 1.29 is 72.9 Å². The monoisotopic (exact) mass is 1540 g/mol. The predicted molar refractivity (Wildman–Crippen MR) is 365 cm³/mol. The van der Waals surface area contributed by atoms with Gasteiger partial charge in [0.2, 0.25) is 16.1 Å². The summed E-state index contributed by atoms with van der Waals surface area (Å²) in [5, 5.41) is 42.3. The molecule has 8 saturated carbocycles. The number of hydrogen-bond acceptors (Lipinski definition) is 12. The first kappa shape index (κ1) is 73.8. The molecule has 0 bridgehead atoms. The van der Waals surface area contributed by atoms with Crippen LogP contribution >= 0.6 is 0 Å². The molecular weight excluding hydrogens is 1420 g/mol. The van der Waals surface area contributed by atoms with E-state index in [2.05, 4.69) is 95.5 Å². The maximum absolute atomic E-state index is 13.1. The third kappa shape index (κ3) is 14.9. The molecule has 2 aliphatic heterocycles. The van der Waals surface area contributed by atoms with Crippen LogP contribution in [0.15, 0.2) is 63.3 Å². The van der Waals surface area contributed by atoms with Crippen molar-refractivity contribution in [2.75, 3.05) is 49.1 Å². The number of aliphatic hydroxyl groups excluding tert-OH is 3. The molecule has 10 aliphatic rings. The van der Waals surface area contributed by atoms with Gasteiger partial charge in [-0.2, -0.15) is 0 Å². The second-order valence-electron chi connectivity index (χ2n) is 32.0. The number of aliphatic hydroxyl groups is 3. The first-order valence-electron chi connectivity index (χ1n) is 36.4. The molecule has 512 valence electrons. The topological polar surface area (TPSA) is 232 Å². The molecule has 0 spiro atoms.